The highest BCUT2D eigenvalue weighted by atomic mass is 16.2. The summed E-state index contributed by atoms with van der Waals surface area (Å²) in [6, 6.07) is 0. The van der Waals surface area contributed by atoms with Crippen LogP contribution >= 0.6 is 0 Å². The van der Waals surface area contributed by atoms with E-state index in [0.29, 0.717) is 24.3 Å². The third-order valence-corrected chi connectivity index (χ3v) is 6.03. The first kappa shape index (κ1) is 16.7. The van der Waals surface area contributed by atoms with Gasteiger partial charge >= 0.3 is 0 Å². The van der Waals surface area contributed by atoms with Crippen LogP contribution in [0.25, 0.3) is 0 Å². The third kappa shape index (κ3) is 3.25. The number of hydrogen-bond acceptors (Lipinski definition) is 3. The van der Waals surface area contributed by atoms with Crippen LogP contribution in [0.5, 0.6) is 0 Å². The molecule has 2 amide bonds. The summed E-state index contributed by atoms with van der Waals surface area (Å²) in [7, 11) is 4.08. The van der Waals surface area contributed by atoms with Crippen molar-refractivity contribution in [3.63, 3.8) is 0 Å². The molecule has 3 aliphatic rings. The summed E-state index contributed by atoms with van der Waals surface area (Å²) >= 11 is 0. The Morgan fingerprint density at radius 1 is 1.26 bits per heavy atom. The summed E-state index contributed by atoms with van der Waals surface area (Å²) in [4.78, 5) is 31.7. The molecule has 0 unspecified atom stereocenters. The maximum atomic E-state index is 12.9. The highest BCUT2D eigenvalue weighted by Crippen LogP contribution is 2.42. The average molecular weight is 321 g/mol. The Morgan fingerprint density at radius 2 is 2.00 bits per heavy atom. The lowest BCUT2D eigenvalue weighted by Crippen LogP contribution is -2.52. The van der Waals surface area contributed by atoms with Crippen LogP contribution in [-0.2, 0) is 9.59 Å². The molecule has 0 radical (unpaired) electrons. The molecule has 0 N–H and O–H groups in total. The molecular formula is C18H31N3O2. The summed E-state index contributed by atoms with van der Waals surface area (Å²) in [5.74, 6) is 1.51. The number of piperidine rings is 1. The van der Waals surface area contributed by atoms with Crippen LogP contribution in [0.3, 0.4) is 0 Å². The van der Waals surface area contributed by atoms with Crippen LogP contribution < -0.4 is 0 Å². The van der Waals surface area contributed by atoms with E-state index in [4.69, 9.17) is 0 Å². The SMILES string of the molecule is CC1CC(C(=O)N2CCC[C@]3(CCN(CCN(C)C)C3=O)C2)C1. The van der Waals surface area contributed by atoms with Crippen LogP contribution in [0.15, 0.2) is 0 Å². The number of carbonyl (C=O) groups excluding carboxylic acids is 2. The van der Waals surface area contributed by atoms with Gasteiger partial charge in [-0.3, -0.25) is 9.59 Å². The van der Waals surface area contributed by atoms with Gasteiger partial charge in [0.25, 0.3) is 0 Å². The fourth-order valence-corrected chi connectivity index (χ4v) is 4.49. The maximum absolute atomic E-state index is 12.9. The van der Waals surface area contributed by atoms with E-state index in [1.54, 1.807) is 0 Å². The van der Waals surface area contributed by atoms with Crippen LogP contribution in [0, 0.1) is 17.3 Å². The van der Waals surface area contributed by atoms with Gasteiger partial charge in [-0.1, -0.05) is 6.92 Å². The quantitative estimate of drug-likeness (QED) is 0.787. The average Bonchev–Trinajstić information content (AvgIpc) is 2.78. The fraction of sp³-hybridized carbons (Fsp3) is 0.889. The van der Waals surface area contributed by atoms with Gasteiger partial charge in [-0.2, -0.15) is 0 Å². The predicted octanol–water partition coefficient (Wildman–Crippen LogP) is 1.44. The molecular weight excluding hydrogens is 290 g/mol. The normalized spacial score (nSPS) is 34.3. The minimum absolute atomic E-state index is 0.224. The zero-order valence-corrected chi connectivity index (χ0v) is 14.9. The van der Waals surface area contributed by atoms with Crippen molar-refractivity contribution in [3.8, 4) is 0 Å². The first-order valence-corrected chi connectivity index (χ1v) is 9.14. The zero-order chi connectivity index (χ0) is 16.6. The van der Waals surface area contributed by atoms with E-state index in [0.717, 1.165) is 58.3 Å². The summed E-state index contributed by atoms with van der Waals surface area (Å²) in [5.41, 5.74) is -0.282. The minimum atomic E-state index is -0.282. The van der Waals surface area contributed by atoms with Gasteiger partial charge in [0.2, 0.25) is 11.8 Å². The van der Waals surface area contributed by atoms with Gasteiger partial charge in [0.05, 0.1) is 5.41 Å². The Bertz CT molecular complexity index is 473. The van der Waals surface area contributed by atoms with E-state index in [2.05, 4.69) is 11.8 Å². The summed E-state index contributed by atoms with van der Waals surface area (Å²) < 4.78 is 0. The van der Waals surface area contributed by atoms with Gasteiger partial charge in [0.1, 0.15) is 0 Å². The van der Waals surface area contributed by atoms with E-state index < -0.39 is 0 Å². The van der Waals surface area contributed by atoms with Crippen LogP contribution in [0.4, 0.5) is 0 Å². The molecule has 0 aromatic rings. The molecule has 1 spiro atoms. The topological polar surface area (TPSA) is 43.9 Å². The molecule has 1 aliphatic carbocycles. The molecule has 5 nitrogen and oxygen atoms in total. The number of nitrogens with zero attached hydrogens (tertiary/aromatic N) is 3. The summed E-state index contributed by atoms with van der Waals surface area (Å²) in [6.07, 6.45) is 4.91. The summed E-state index contributed by atoms with van der Waals surface area (Å²) in [6.45, 7) is 6.29. The maximum Gasteiger partial charge on any atom is 0.230 e. The van der Waals surface area contributed by atoms with Crippen molar-refractivity contribution in [3.05, 3.63) is 0 Å². The van der Waals surface area contributed by atoms with Gasteiger partial charge < -0.3 is 14.7 Å². The standard InChI is InChI=1S/C18H31N3O2/c1-14-11-15(12-14)16(22)21-7-4-5-18(13-21)6-8-20(17(18)23)10-9-19(2)3/h14-15H,4-13H2,1-3H3/t14?,15?,18-/m0/s1. The highest BCUT2D eigenvalue weighted by molar-refractivity contribution is 5.87. The first-order valence-electron chi connectivity index (χ1n) is 9.14. The molecule has 5 heteroatoms. The molecule has 0 aromatic carbocycles. The second-order valence-electron chi connectivity index (χ2n) is 8.26. The number of carbonyl (C=O) groups is 2. The Balaban J connectivity index is 1.61. The molecule has 2 heterocycles. The van der Waals surface area contributed by atoms with Crippen LogP contribution in [0.1, 0.15) is 39.0 Å². The van der Waals surface area contributed by atoms with E-state index in [-0.39, 0.29) is 11.3 Å². The van der Waals surface area contributed by atoms with Gasteiger partial charge in [0.15, 0.2) is 0 Å². The number of amides is 2. The Labute approximate surface area is 140 Å². The van der Waals surface area contributed by atoms with Crippen molar-refractivity contribution in [1.29, 1.82) is 0 Å². The van der Waals surface area contributed by atoms with Crippen LogP contribution in [0.2, 0.25) is 0 Å². The number of likely N-dealkylation sites (tertiary alicyclic amines) is 2. The molecule has 0 bridgehead atoms. The van der Waals surface area contributed by atoms with Gasteiger partial charge in [0, 0.05) is 38.6 Å². The van der Waals surface area contributed by atoms with Gasteiger partial charge in [-0.15, -0.1) is 0 Å². The molecule has 1 atom stereocenters. The molecule has 130 valence electrons. The molecule has 1 saturated carbocycles. The lowest BCUT2D eigenvalue weighted by Gasteiger charge is -2.42. The van der Waals surface area contributed by atoms with E-state index >= 15 is 0 Å². The number of rotatable bonds is 4. The van der Waals surface area contributed by atoms with Crippen molar-refractivity contribution >= 4 is 11.8 Å². The Kier molecular flexibility index (Phi) is 4.68. The smallest absolute Gasteiger partial charge is 0.230 e. The molecule has 2 saturated heterocycles. The molecule has 3 fully saturated rings. The number of likely N-dealkylation sites (N-methyl/N-ethyl adjacent to an activating group) is 1. The monoisotopic (exact) mass is 321 g/mol. The van der Waals surface area contributed by atoms with Crippen molar-refractivity contribution in [2.75, 3.05) is 46.8 Å². The number of hydrogen-bond donors (Lipinski definition) is 0. The van der Waals surface area contributed by atoms with Crippen molar-refractivity contribution in [1.82, 2.24) is 14.7 Å². The van der Waals surface area contributed by atoms with Crippen molar-refractivity contribution in [2.45, 2.75) is 39.0 Å². The first-order chi connectivity index (χ1) is 10.9. The lowest BCUT2D eigenvalue weighted by molar-refractivity contribution is -0.148. The second-order valence-corrected chi connectivity index (χ2v) is 8.26. The minimum Gasteiger partial charge on any atom is -0.341 e. The largest absolute Gasteiger partial charge is 0.341 e. The van der Waals surface area contributed by atoms with Crippen molar-refractivity contribution in [2.24, 2.45) is 17.3 Å². The molecule has 23 heavy (non-hydrogen) atoms. The van der Waals surface area contributed by atoms with E-state index in [9.17, 15) is 9.59 Å². The second kappa shape index (κ2) is 6.42. The highest BCUT2D eigenvalue weighted by Gasteiger charge is 2.50. The van der Waals surface area contributed by atoms with Crippen LogP contribution in [-0.4, -0.2) is 73.3 Å². The van der Waals surface area contributed by atoms with Gasteiger partial charge in [-0.25, -0.2) is 0 Å². The summed E-state index contributed by atoms with van der Waals surface area (Å²) in [5, 5.41) is 0. The fourth-order valence-electron chi connectivity index (χ4n) is 4.49. The zero-order valence-electron chi connectivity index (χ0n) is 14.9. The molecule has 3 rings (SSSR count). The Morgan fingerprint density at radius 3 is 2.65 bits per heavy atom. The molecule has 2 aliphatic heterocycles. The predicted molar refractivity (Wildman–Crippen MR) is 89.9 cm³/mol. The van der Waals surface area contributed by atoms with Crippen molar-refractivity contribution < 1.29 is 9.59 Å². The third-order valence-electron chi connectivity index (χ3n) is 6.03. The van der Waals surface area contributed by atoms with E-state index in [1.807, 2.05) is 23.9 Å². The molecule has 0 aromatic heterocycles. The lowest BCUT2D eigenvalue weighted by atomic mass is 9.73. The van der Waals surface area contributed by atoms with Gasteiger partial charge in [-0.05, 0) is 52.1 Å². The van der Waals surface area contributed by atoms with E-state index in [1.165, 1.54) is 0 Å². The Hall–Kier alpha value is -1.10.